The van der Waals surface area contributed by atoms with E-state index in [0.29, 0.717) is 22.7 Å². The van der Waals surface area contributed by atoms with Gasteiger partial charge in [0.1, 0.15) is 11.3 Å². The van der Waals surface area contributed by atoms with Gasteiger partial charge in [0, 0.05) is 20.5 Å². The second-order valence-corrected chi connectivity index (χ2v) is 9.02. The number of nitrogens with zero attached hydrogens (tertiary/aromatic N) is 2. The van der Waals surface area contributed by atoms with Crippen molar-refractivity contribution in [1.82, 2.24) is 9.29 Å². The maximum atomic E-state index is 12.2. The van der Waals surface area contributed by atoms with Crippen molar-refractivity contribution < 1.29 is 17.6 Å². The first kappa shape index (κ1) is 16.5. The number of ketones is 1. The number of thioether (sulfide) groups is 1. The maximum Gasteiger partial charge on any atom is 0.257 e. The lowest BCUT2D eigenvalue weighted by molar-refractivity contribution is -0.119. The Bertz CT molecular complexity index is 842. The summed E-state index contributed by atoms with van der Waals surface area (Å²) in [6.45, 7) is 0. The van der Waals surface area contributed by atoms with Crippen LogP contribution in [0, 0.1) is 0 Å². The highest BCUT2D eigenvalue weighted by atomic mass is 32.2. The van der Waals surface area contributed by atoms with E-state index in [2.05, 4.69) is 4.98 Å². The summed E-state index contributed by atoms with van der Waals surface area (Å²) >= 11 is 1.33. The molecular formula is C15H18N2O4S2. The molecule has 0 N–H and O–H groups in total. The number of sulfonamides is 1. The van der Waals surface area contributed by atoms with E-state index in [-0.39, 0.29) is 15.9 Å². The molecule has 124 valence electrons. The predicted molar refractivity (Wildman–Crippen MR) is 88.0 cm³/mol. The number of carbonyl (C=O) groups is 1. The van der Waals surface area contributed by atoms with Gasteiger partial charge in [-0.15, -0.1) is 0 Å². The van der Waals surface area contributed by atoms with Crippen molar-refractivity contribution in [1.29, 1.82) is 0 Å². The van der Waals surface area contributed by atoms with Gasteiger partial charge in [-0.2, -0.15) is 0 Å². The number of benzene rings is 1. The van der Waals surface area contributed by atoms with Crippen LogP contribution in [-0.2, 0) is 14.8 Å². The van der Waals surface area contributed by atoms with Gasteiger partial charge >= 0.3 is 0 Å². The maximum absolute atomic E-state index is 12.2. The highest BCUT2D eigenvalue weighted by molar-refractivity contribution is 8.00. The van der Waals surface area contributed by atoms with E-state index < -0.39 is 10.0 Å². The van der Waals surface area contributed by atoms with E-state index in [4.69, 9.17) is 4.42 Å². The Kier molecular flexibility index (Phi) is 4.48. The Labute approximate surface area is 139 Å². The third-order valence-corrected chi connectivity index (χ3v) is 6.83. The first-order valence-electron chi connectivity index (χ1n) is 7.40. The quantitative estimate of drug-likeness (QED) is 0.840. The van der Waals surface area contributed by atoms with Gasteiger partial charge in [0.2, 0.25) is 10.0 Å². The first-order chi connectivity index (χ1) is 10.9. The Morgan fingerprint density at radius 3 is 2.78 bits per heavy atom. The molecule has 1 saturated carbocycles. The van der Waals surface area contributed by atoms with Crippen LogP contribution >= 0.6 is 11.8 Å². The first-order valence-corrected chi connectivity index (χ1v) is 9.72. The Hall–Kier alpha value is -1.38. The van der Waals surface area contributed by atoms with Gasteiger partial charge in [-0.3, -0.25) is 4.79 Å². The van der Waals surface area contributed by atoms with Crippen molar-refractivity contribution in [2.75, 3.05) is 14.1 Å². The topological polar surface area (TPSA) is 80.5 Å². The summed E-state index contributed by atoms with van der Waals surface area (Å²) < 4.78 is 31.1. The van der Waals surface area contributed by atoms with Crippen molar-refractivity contribution >= 4 is 38.7 Å². The number of oxazole rings is 1. The van der Waals surface area contributed by atoms with Crippen LogP contribution in [0.4, 0.5) is 0 Å². The van der Waals surface area contributed by atoms with Gasteiger partial charge < -0.3 is 4.42 Å². The van der Waals surface area contributed by atoms with E-state index in [0.717, 1.165) is 23.6 Å². The van der Waals surface area contributed by atoms with Crippen LogP contribution in [-0.4, -0.2) is 42.8 Å². The fraction of sp³-hybridized carbons (Fsp3) is 0.467. The Morgan fingerprint density at radius 2 is 2.09 bits per heavy atom. The molecule has 1 aromatic carbocycles. The number of aromatic nitrogens is 1. The number of carbonyl (C=O) groups excluding carboxylic acids is 1. The van der Waals surface area contributed by atoms with Crippen LogP contribution in [0.3, 0.4) is 0 Å². The third-order valence-electron chi connectivity index (χ3n) is 3.86. The second kappa shape index (κ2) is 6.26. The van der Waals surface area contributed by atoms with E-state index >= 15 is 0 Å². The minimum atomic E-state index is -3.50. The molecule has 6 nitrogen and oxygen atoms in total. The van der Waals surface area contributed by atoms with E-state index in [1.807, 2.05) is 0 Å². The fourth-order valence-corrected chi connectivity index (χ4v) is 4.49. The number of hydrogen-bond donors (Lipinski definition) is 0. The molecule has 1 aromatic heterocycles. The van der Waals surface area contributed by atoms with Crippen molar-refractivity contribution in [3.8, 4) is 0 Å². The molecule has 0 unspecified atom stereocenters. The van der Waals surface area contributed by atoms with Crippen LogP contribution in [0.25, 0.3) is 11.1 Å². The smallest absolute Gasteiger partial charge is 0.257 e. The molecule has 2 aromatic rings. The summed E-state index contributed by atoms with van der Waals surface area (Å²) in [6.07, 6.45) is 3.44. The number of hydrogen-bond acceptors (Lipinski definition) is 6. The molecule has 1 fully saturated rings. The van der Waals surface area contributed by atoms with Crippen molar-refractivity contribution in [3.63, 3.8) is 0 Å². The van der Waals surface area contributed by atoms with E-state index in [1.165, 1.54) is 38.0 Å². The zero-order chi connectivity index (χ0) is 16.6. The number of fused-ring (bicyclic) bond motifs is 1. The molecule has 1 heterocycles. The standard InChI is InChI=1S/C15H18N2O4S2/c1-17(2)23(19,20)10-7-8-13-11(9-10)16-15(21-13)22-14-6-4-3-5-12(14)18/h7-9,14H,3-6H2,1-2H3/t14-/m1/s1. The lowest BCUT2D eigenvalue weighted by Gasteiger charge is -2.17. The van der Waals surface area contributed by atoms with E-state index in [1.54, 1.807) is 6.07 Å². The number of rotatable bonds is 4. The summed E-state index contributed by atoms with van der Waals surface area (Å²) in [5.41, 5.74) is 1.01. The summed E-state index contributed by atoms with van der Waals surface area (Å²) in [5.74, 6) is 0.236. The number of Topliss-reactive ketones (excluding diaryl/α,β-unsaturated/α-hetero) is 1. The highest BCUT2D eigenvalue weighted by Gasteiger charge is 2.25. The molecule has 1 aliphatic rings. The van der Waals surface area contributed by atoms with Crippen LogP contribution in [0.15, 0.2) is 32.7 Å². The predicted octanol–water partition coefficient (Wildman–Crippen LogP) is 2.68. The van der Waals surface area contributed by atoms with Gasteiger partial charge in [0.25, 0.3) is 5.22 Å². The molecule has 0 aliphatic heterocycles. The van der Waals surface area contributed by atoms with Gasteiger partial charge in [0.15, 0.2) is 5.58 Å². The molecule has 0 bridgehead atoms. The summed E-state index contributed by atoms with van der Waals surface area (Å²) in [5, 5.41) is 0.307. The minimum Gasteiger partial charge on any atom is -0.431 e. The minimum absolute atomic E-state index is 0.109. The molecule has 3 rings (SSSR count). The van der Waals surface area contributed by atoms with Gasteiger partial charge in [-0.1, -0.05) is 18.2 Å². The average molecular weight is 354 g/mol. The Balaban J connectivity index is 1.89. The summed E-state index contributed by atoms with van der Waals surface area (Å²) in [7, 11) is -0.535. The van der Waals surface area contributed by atoms with Crippen molar-refractivity contribution in [3.05, 3.63) is 18.2 Å². The van der Waals surface area contributed by atoms with Gasteiger partial charge in [-0.25, -0.2) is 17.7 Å². The zero-order valence-corrected chi connectivity index (χ0v) is 14.6. The molecule has 0 amide bonds. The largest absolute Gasteiger partial charge is 0.431 e. The average Bonchev–Trinajstić information content (AvgIpc) is 2.90. The highest BCUT2D eigenvalue weighted by Crippen LogP contribution is 2.33. The van der Waals surface area contributed by atoms with Crippen molar-refractivity contribution in [2.45, 2.75) is 41.1 Å². The van der Waals surface area contributed by atoms with Crippen LogP contribution in [0.5, 0.6) is 0 Å². The second-order valence-electron chi connectivity index (χ2n) is 5.72. The lowest BCUT2D eigenvalue weighted by atomic mass is 9.99. The lowest BCUT2D eigenvalue weighted by Crippen LogP contribution is -2.22. The van der Waals surface area contributed by atoms with Gasteiger partial charge in [-0.05, 0) is 31.0 Å². The SMILES string of the molecule is CN(C)S(=O)(=O)c1ccc2oc(S[C@@H]3CCCCC3=O)nc2c1. The normalized spacial score (nSPS) is 19.6. The third kappa shape index (κ3) is 3.29. The zero-order valence-electron chi connectivity index (χ0n) is 13.0. The monoisotopic (exact) mass is 354 g/mol. The van der Waals surface area contributed by atoms with Crippen LogP contribution in [0.2, 0.25) is 0 Å². The van der Waals surface area contributed by atoms with Crippen LogP contribution in [0.1, 0.15) is 25.7 Å². The molecular weight excluding hydrogens is 336 g/mol. The molecule has 1 atom stereocenters. The van der Waals surface area contributed by atoms with Crippen molar-refractivity contribution in [2.24, 2.45) is 0 Å². The fourth-order valence-electron chi connectivity index (χ4n) is 2.51. The molecule has 0 radical (unpaired) electrons. The van der Waals surface area contributed by atoms with Gasteiger partial charge in [0.05, 0.1) is 10.1 Å². The van der Waals surface area contributed by atoms with Crippen LogP contribution < -0.4 is 0 Å². The molecule has 8 heteroatoms. The Morgan fingerprint density at radius 1 is 1.30 bits per heavy atom. The molecule has 0 spiro atoms. The molecule has 0 saturated heterocycles. The summed E-state index contributed by atoms with van der Waals surface area (Å²) in [4.78, 5) is 16.4. The molecule has 23 heavy (non-hydrogen) atoms. The van der Waals surface area contributed by atoms with E-state index in [9.17, 15) is 13.2 Å². The molecule has 1 aliphatic carbocycles. The summed E-state index contributed by atoms with van der Waals surface area (Å²) in [6, 6.07) is 4.61.